The Balaban J connectivity index is 2.81. The van der Waals surface area contributed by atoms with Crippen LogP contribution in [0.4, 0.5) is 4.79 Å². The van der Waals surface area contributed by atoms with Crippen LogP contribution in [0.1, 0.15) is 5.56 Å². The molecule has 86 valence electrons. The average molecular weight is 223 g/mol. The largest absolute Gasteiger partial charge is 0.480 e. The molecular formula is C11H13NO4. The van der Waals surface area contributed by atoms with Crippen LogP contribution in [0.5, 0.6) is 0 Å². The molecule has 1 aromatic carbocycles. The maximum Gasteiger partial charge on any atom is 0.407 e. The number of benzene rings is 1. The molecule has 1 rings (SSSR count). The van der Waals surface area contributed by atoms with Crippen molar-refractivity contribution in [1.82, 2.24) is 4.90 Å². The minimum absolute atomic E-state index is 0.166. The Labute approximate surface area is 92.9 Å². The van der Waals surface area contributed by atoms with Crippen molar-refractivity contribution in [3.8, 4) is 0 Å². The molecule has 0 aromatic heterocycles. The summed E-state index contributed by atoms with van der Waals surface area (Å²) in [5, 5.41) is 17.7. The van der Waals surface area contributed by atoms with Gasteiger partial charge in [0.05, 0.1) is 0 Å². The Morgan fingerprint density at radius 2 is 1.81 bits per heavy atom. The first kappa shape index (κ1) is 12.0. The highest BCUT2D eigenvalue weighted by Gasteiger charge is 2.26. The van der Waals surface area contributed by atoms with Gasteiger partial charge in [-0.15, -0.1) is 0 Å². The zero-order valence-electron chi connectivity index (χ0n) is 8.83. The fourth-order valence-electron chi connectivity index (χ4n) is 1.36. The molecule has 0 saturated heterocycles. The van der Waals surface area contributed by atoms with Gasteiger partial charge in [0.25, 0.3) is 0 Å². The van der Waals surface area contributed by atoms with Gasteiger partial charge < -0.3 is 10.2 Å². The molecule has 0 bridgehead atoms. The first-order valence-corrected chi connectivity index (χ1v) is 4.75. The van der Waals surface area contributed by atoms with Gasteiger partial charge in [-0.3, -0.25) is 4.90 Å². The summed E-state index contributed by atoms with van der Waals surface area (Å²) < 4.78 is 0. The van der Waals surface area contributed by atoms with E-state index < -0.39 is 18.1 Å². The van der Waals surface area contributed by atoms with Gasteiger partial charge in [-0.2, -0.15) is 0 Å². The van der Waals surface area contributed by atoms with Crippen molar-refractivity contribution in [3.63, 3.8) is 0 Å². The Kier molecular flexibility index (Phi) is 3.88. The van der Waals surface area contributed by atoms with E-state index in [1.165, 1.54) is 7.05 Å². The highest BCUT2D eigenvalue weighted by atomic mass is 16.4. The maximum absolute atomic E-state index is 10.9. The lowest BCUT2D eigenvalue weighted by atomic mass is 10.1. The minimum atomic E-state index is -1.25. The number of hydrogen-bond acceptors (Lipinski definition) is 2. The van der Waals surface area contributed by atoms with Gasteiger partial charge in [0.2, 0.25) is 0 Å². The lowest BCUT2D eigenvalue weighted by Gasteiger charge is -2.21. The van der Waals surface area contributed by atoms with Crippen LogP contribution in [0.25, 0.3) is 0 Å². The summed E-state index contributed by atoms with van der Waals surface area (Å²) in [5.41, 5.74) is 0.794. The SMILES string of the molecule is CN(C(=O)O)[C@@H](Cc1ccccc1)C(=O)O. The zero-order chi connectivity index (χ0) is 12.1. The molecule has 0 unspecified atom stereocenters. The van der Waals surface area contributed by atoms with Crippen molar-refractivity contribution in [1.29, 1.82) is 0 Å². The number of carboxylic acids is 1. The first-order valence-electron chi connectivity index (χ1n) is 4.75. The number of aliphatic carboxylic acids is 1. The van der Waals surface area contributed by atoms with Crippen LogP contribution < -0.4 is 0 Å². The highest BCUT2D eigenvalue weighted by Crippen LogP contribution is 2.08. The monoisotopic (exact) mass is 223 g/mol. The smallest absolute Gasteiger partial charge is 0.407 e. The number of carboxylic acid groups (broad SMARTS) is 2. The molecule has 0 heterocycles. The molecule has 1 amide bonds. The Bertz CT molecular complexity index is 377. The van der Waals surface area contributed by atoms with Crippen LogP contribution in [0.3, 0.4) is 0 Å². The summed E-state index contributed by atoms with van der Waals surface area (Å²) in [4.78, 5) is 22.4. The van der Waals surface area contributed by atoms with Crippen molar-refractivity contribution in [2.45, 2.75) is 12.5 Å². The number of carbonyl (C=O) groups is 2. The normalized spacial score (nSPS) is 11.8. The van der Waals surface area contributed by atoms with Crippen LogP contribution in [0, 0.1) is 0 Å². The molecule has 0 aliphatic heterocycles. The van der Waals surface area contributed by atoms with Crippen LogP contribution in [-0.4, -0.2) is 40.3 Å². The fourth-order valence-corrected chi connectivity index (χ4v) is 1.36. The molecule has 16 heavy (non-hydrogen) atoms. The van der Waals surface area contributed by atoms with Gasteiger partial charge in [0.1, 0.15) is 6.04 Å². The quantitative estimate of drug-likeness (QED) is 0.806. The second kappa shape index (κ2) is 5.16. The summed E-state index contributed by atoms with van der Waals surface area (Å²) in [6, 6.07) is 7.88. The first-order chi connectivity index (χ1) is 7.52. The van der Waals surface area contributed by atoms with Crippen molar-refractivity contribution < 1.29 is 19.8 Å². The Hall–Kier alpha value is -2.04. The van der Waals surface area contributed by atoms with E-state index in [1.807, 2.05) is 6.07 Å². The summed E-state index contributed by atoms with van der Waals surface area (Å²) in [7, 11) is 1.25. The lowest BCUT2D eigenvalue weighted by molar-refractivity contribution is -0.142. The van der Waals surface area contributed by atoms with Gasteiger partial charge in [-0.05, 0) is 5.56 Å². The molecular weight excluding hydrogens is 210 g/mol. The molecule has 5 nitrogen and oxygen atoms in total. The van der Waals surface area contributed by atoms with E-state index in [-0.39, 0.29) is 6.42 Å². The average Bonchev–Trinajstić information content (AvgIpc) is 2.26. The molecule has 1 aromatic rings. The molecule has 0 radical (unpaired) electrons. The van der Waals surface area contributed by atoms with E-state index in [9.17, 15) is 9.59 Å². The molecule has 0 fully saturated rings. The van der Waals surface area contributed by atoms with Crippen LogP contribution in [0.2, 0.25) is 0 Å². The summed E-state index contributed by atoms with van der Waals surface area (Å²) in [5.74, 6) is -1.14. The zero-order valence-corrected chi connectivity index (χ0v) is 8.83. The third-order valence-electron chi connectivity index (χ3n) is 2.33. The van der Waals surface area contributed by atoms with Gasteiger partial charge in [-0.1, -0.05) is 30.3 Å². The number of rotatable bonds is 4. The van der Waals surface area contributed by atoms with Crippen molar-refractivity contribution in [3.05, 3.63) is 35.9 Å². The number of amides is 1. The molecule has 5 heteroatoms. The number of likely N-dealkylation sites (N-methyl/N-ethyl adjacent to an activating group) is 1. The van der Waals surface area contributed by atoms with Crippen LogP contribution >= 0.6 is 0 Å². The second-order valence-electron chi connectivity index (χ2n) is 3.44. The van der Waals surface area contributed by atoms with Crippen LogP contribution in [-0.2, 0) is 11.2 Å². The van der Waals surface area contributed by atoms with Crippen LogP contribution in [0.15, 0.2) is 30.3 Å². The summed E-state index contributed by atoms with van der Waals surface area (Å²) in [6.07, 6.45) is -1.08. The maximum atomic E-state index is 10.9. The molecule has 0 saturated carbocycles. The minimum Gasteiger partial charge on any atom is -0.480 e. The van der Waals surface area contributed by atoms with E-state index in [4.69, 9.17) is 10.2 Å². The standard InChI is InChI=1S/C11H13NO4/c1-12(11(15)16)9(10(13)14)7-8-5-3-2-4-6-8/h2-6,9H,7H2,1H3,(H,13,14)(H,15,16)/t9-/m0/s1. The topological polar surface area (TPSA) is 77.8 Å². The van der Waals surface area contributed by atoms with Crippen molar-refractivity contribution in [2.24, 2.45) is 0 Å². The van der Waals surface area contributed by atoms with E-state index >= 15 is 0 Å². The van der Waals surface area contributed by atoms with Crippen molar-refractivity contribution in [2.75, 3.05) is 7.05 Å². The Morgan fingerprint density at radius 3 is 2.25 bits per heavy atom. The number of nitrogens with zero attached hydrogens (tertiary/aromatic N) is 1. The van der Waals surface area contributed by atoms with Gasteiger partial charge in [0, 0.05) is 13.5 Å². The predicted molar refractivity (Wildman–Crippen MR) is 57.4 cm³/mol. The third-order valence-corrected chi connectivity index (χ3v) is 2.33. The van der Waals surface area contributed by atoms with E-state index in [1.54, 1.807) is 24.3 Å². The molecule has 0 aliphatic carbocycles. The predicted octanol–water partition coefficient (Wildman–Crippen LogP) is 1.29. The van der Waals surface area contributed by atoms with E-state index in [0.29, 0.717) is 0 Å². The van der Waals surface area contributed by atoms with Gasteiger partial charge in [-0.25, -0.2) is 9.59 Å². The summed E-state index contributed by atoms with van der Waals surface area (Å²) in [6.45, 7) is 0. The van der Waals surface area contributed by atoms with Gasteiger partial charge >= 0.3 is 12.1 Å². The summed E-state index contributed by atoms with van der Waals surface area (Å²) >= 11 is 0. The molecule has 2 N–H and O–H groups in total. The lowest BCUT2D eigenvalue weighted by Crippen LogP contribution is -2.43. The molecule has 0 aliphatic rings. The fraction of sp³-hybridized carbons (Fsp3) is 0.273. The number of hydrogen-bond donors (Lipinski definition) is 2. The highest BCUT2D eigenvalue weighted by molar-refractivity contribution is 5.79. The second-order valence-corrected chi connectivity index (χ2v) is 3.44. The molecule has 1 atom stereocenters. The van der Waals surface area contributed by atoms with Gasteiger partial charge in [0.15, 0.2) is 0 Å². The van der Waals surface area contributed by atoms with E-state index in [2.05, 4.69) is 0 Å². The van der Waals surface area contributed by atoms with E-state index in [0.717, 1.165) is 10.5 Å². The third kappa shape index (κ3) is 2.98. The van der Waals surface area contributed by atoms with Crippen molar-refractivity contribution >= 4 is 12.1 Å². The Morgan fingerprint density at radius 1 is 1.25 bits per heavy atom. The molecule has 0 spiro atoms.